The van der Waals surface area contributed by atoms with E-state index in [0.29, 0.717) is 18.4 Å². The number of hydrogen-bond donors (Lipinski definition) is 4. The highest BCUT2D eigenvalue weighted by molar-refractivity contribution is 5.77. The molecule has 0 radical (unpaired) electrons. The first-order valence-electron chi connectivity index (χ1n) is 9.60. The highest BCUT2D eigenvalue weighted by atomic mass is 16.3. The minimum absolute atomic E-state index is 0.0718. The number of pyridine rings is 1. The van der Waals surface area contributed by atoms with Gasteiger partial charge in [0.15, 0.2) is 0 Å². The molecule has 1 aromatic rings. The second kappa shape index (κ2) is 7.40. The monoisotopic (exact) mass is 344 g/mol. The van der Waals surface area contributed by atoms with E-state index in [0.717, 1.165) is 18.5 Å². The van der Waals surface area contributed by atoms with Gasteiger partial charge in [-0.2, -0.15) is 0 Å². The number of nitrogens with one attached hydrogen (secondary N) is 3. The normalized spacial score (nSPS) is 35.5. The zero-order valence-corrected chi connectivity index (χ0v) is 14.5. The molecule has 0 bridgehead atoms. The number of nitrogens with zero attached hydrogens (tertiary/aromatic N) is 1. The average Bonchev–Trinajstić information content (AvgIpc) is 3.01. The van der Waals surface area contributed by atoms with Crippen molar-refractivity contribution in [2.24, 2.45) is 11.8 Å². The molecule has 6 nitrogen and oxygen atoms in total. The summed E-state index contributed by atoms with van der Waals surface area (Å²) in [6, 6.07) is 6.42. The van der Waals surface area contributed by atoms with Crippen LogP contribution in [0.1, 0.15) is 56.7 Å². The van der Waals surface area contributed by atoms with E-state index in [1.807, 2.05) is 18.2 Å². The van der Waals surface area contributed by atoms with Gasteiger partial charge in [-0.05, 0) is 49.7 Å². The van der Waals surface area contributed by atoms with Crippen LogP contribution in [0.2, 0.25) is 0 Å². The molecule has 4 atom stereocenters. The molecule has 3 aliphatic rings. The van der Waals surface area contributed by atoms with Crippen molar-refractivity contribution in [3.8, 4) is 0 Å². The third-order valence-electron chi connectivity index (χ3n) is 6.14. The molecule has 4 unspecified atom stereocenters. The van der Waals surface area contributed by atoms with Crippen LogP contribution in [0.5, 0.6) is 0 Å². The molecule has 0 spiro atoms. The summed E-state index contributed by atoms with van der Waals surface area (Å²) < 4.78 is 0. The Hall–Kier alpha value is -1.50. The van der Waals surface area contributed by atoms with E-state index in [2.05, 4.69) is 21.2 Å². The second-order valence-electron chi connectivity index (χ2n) is 7.84. The van der Waals surface area contributed by atoms with Crippen LogP contribution in [0, 0.1) is 11.8 Å². The quantitative estimate of drug-likeness (QED) is 0.649. The van der Waals surface area contributed by atoms with Gasteiger partial charge in [0.25, 0.3) is 0 Å². The van der Waals surface area contributed by atoms with Crippen molar-refractivity contribution in [1.29, 1.82) is 0 Å². The van der Waals surface area contributed by atoms with E-state index in [-0.39, 0.29) is 30.0 Å². The third-order valence-corrected chi connectivity index (χ3v) is 6.14. The molecule has 4 N–H and O–H groups in total. The zero-order valence-electron chi connectivity index (χ0n) is 14.5. The SMILES string of the molecule is O=C(CC1NNC2CCCCC21)NC(c1ccccn1)C1CC(O)C1. The summed E-state index contributed by atoms with van der Waals surface area (Å²) in [5, 5.41) is 12.9. The molecule has 4 rings (SSSR count). The van der Waals surface area contributed by atoms with Crippen LogP contribution in [0.25, 0.3) is 0 Å². The van der Waals surface area contributed by atoms with Crippen LogP contribution in [0.4, 0.5) is 0 Å². The molecule has 2 saturated carbocycles. The molecule has 25 heavy (non-hydrogen) atoms. The van der Waals surface area contributed by atoms with Gasteiger partial charge >= 0.3 is 0 Å². The lowest BCUT2D eigenvalue weighted by atomic mass is 9.76. The lowest BCUT2D eigenvalue weighted by molar-refractivity contribution is -0.123. The fourth-order valence-corrected chi connectivity index (χ4v) is 4.67. The van der Waals surface area contributed by atoms with Crippen LogP contribution in [0.3, 0.4) is 0 Å². The lowest BCUT2D eigenvalue weighted by Crippen LogP contribution is -2.44. The van der Waals surface area contributed by atoms with Crippen LogP contribution in [-0.4, -0.2) is 34.2 Å². The van der Waals surface area contributed by atoms with Gasteiger partial charge < -0.3 is 10.4 Å². The molecule has 1 saturated heterocycles. The molecule has 0 aromatic carbocycles. The number of carbonyl (C=O) groups is 1. The molecule has 6 heteroatoms. The Labute approximate surface area is 148 Å². The van der Waals surface area contributed by atoms with Gasteiger partial charge in [0, 0.05) is 24.7 Å². The first-order valence-corrected chi connectivity index (χ1v) is 9.60. The summed E-state index contributed by atoms with van der Waals surface area (Å²) in [6.45, 7) is 0. The fourth-order valence-electron chi connectivity index (χ4n) is 4.67. The number of fused-ring (bicyclic) bond motifs is 1. The largest absolute Gasteiger partial charge is 0.393 e. The van der Waals surface area contributed by atoms with E-state index >= 15 is 0 Å². The highest BCUT2D eigenvalue weighted by Gasteiger charge is 2.40. The summed E-state index contributed by atoms with van der Waals surface area (Å²) in [6.07, 6.45) is 8.42. The lowest BCUT2D eigenvalue weighted by Gasteiger charge is -2.38. The number of rotatable bonds is 5. The van der Waals surface area contributed by atoms with E-state index < -0.39 is 0 Å². The standard InChI is InChI=1S/C19H28N4O2/c24-13-9-12(10-13)19(16-7-3-4-8-20-16)21-18(25)11-17-14-5-1-2-6-15(14)22-23-17/h3-4,7-8,12-15,17,19,22-24H,1-2,5-6,9-11H2,(H,21,25). The second-order valence-corrected chi connectivity index (χ2v) is 7.84. The number of aliphatic hydroxyl groups excluding tert-OH is 1. The number of carbonyl (C=O) groups excluding carboxylic acids is 1. The maximum atomic E-state index is 12.7. The predicted molar refractivity (Wildman–Crippen MR) is 94.3 cm³/mol. The van der Waals surface area contributed by atoms with Gasteiger partial charge in [0.2, 0.25) is 5.91 Å². The Morgan fingerprint density at radius 2 is 2.12 bits per heavy atom. The summed E-state index contributed by atoms with van der Waals surface area (Å²) in [5.41, 5.74) is 7.60. The van der Waals surface area contributed by atoms with Gasteiger partial charge in [-0.3, -0.25) is 20.6 Å². The first kappa shape index (κ1) is 16.9. The molecule has 136 valence electrons. The van der Waals surface area contributed by atoms with Crippen molar-refractivity contribution in [3.63, 3.8) is 0 Å². The maximum absolute atomic E-state index is 12.7. The molecule has 2 heterocycles. The first-order chi connectivity index (χ1) is 12.2. The van der Waals surface area contributed by atoms with Crippen molar-refractivity contribution >= 4 is 5.91 Å². The number of aromatic nitrogens is 1. The Morgan fingerprint density at radius 1 is 1.28 bits per heavy atom. The van der Waals surface area contributed by atoms with Gasteiger partial charge in [-0.1, -0.05) is 18.9 Å². The zero-order chi connectivity index (χ0) is 17.2. The van der Waals surface area contributed by atoms with E-state index in [1.165, 1.54) is 25.7 Å². The van der Waals surface area contributed by atoms with Gasteiger partial charge in [0.1, 0.15) is 0 Å². The Bertz CT molecular complexity index is 590. The van der Waals surface area contributed by atoms with E-state index in [9.17, 15) is 9.90 Å². The molecule has 1 aromatic heterocycles. The molecule has 1 amide bonds. The average molecular weight is 344 g/mol. The Kier molecular flexibility index (Phi) is 5.01. The van der Waals surface area contributed by atoms with Gasteiger partial charge in [-0.15, -0.1) is 0 Å². The summed E-state index contributed by atoms with van der Waals surface area (Å²) in [4.78, 5) is 17.1. The van der Waals surface area contributed by atoms with Crippen LogP contribution >= 0.6 is 0 Å². The van der Waals surface area contributed by atoms with Crippen molar-refractivity contribution in [2.45, 2.75) is 69.2 Å². The maximum Gasteiger partial charge on any atom is 0.222 e. The van der Waals surface area contributed by atoms with Gasteiger partial charge in [0.05, 0.1) is 17.8 Å². The molecule has 2 aliphatic carbocycles. The van der Waals surface area contributed by atoms with E-state index in [1.54, 1.807) is 6.20 Å². The minimum atomic E-state index is -0.239. The predicted octanol–water partition coefficient (Wildman–Crippen LogP) is 1.44. The minimum Gasteiger partial charge on any atom is -0.393 e. The Morgan fingerprint density at radius 3 is 2.88 bits per heavy atom. The Balaban J connectivity index is 1.39. The summed E-state index contributed by atoms with van der Waals surface area (Å²) >= 11 is 0. The molecular weight excluding hydrogens is 316 g/mol. The van der Waals surface area contributed by atoms with Crippen molar-refractivity contribution in [3.05, 3.63) is 30.1 Å². The van der Waals surface area contributed by atoms with Crippen molar-refractivity contribution < 1.29 is 9.90 Å². The number of hydrogen-bond acceptors (Lipinski definition) is 5. The van der Waals surface area contributed by atoms with Crippen molar-refractivity contribution in [2.75, 3.05) is 0 Å². The number of aliphatic hydroxyl groups is 1. The fraction of sp³-hybridized carbons (Fsp3) is 0.684. The molecular formula is C19H28N4O2. The molecule has 1 aliphatic heterocycles. The topological polar surface area (TPSA) is 86.3 Å². The van der Waals surface area contributed by atoms with E-state index in [4.69, 9.17) is 0 Å². The highest BCUT2D eigenvalue weighted by Crippen LogP contribution is 2.38. The van der Waals surface area contributed by atoms with Crippen LogP contribution < -0.4 is 16.2 Å². The molecule has 3 fully saturated rings. The van der Waals surface area contributed by atoms with Crippen LogP contribution in [0.15, 0.2) is 24.4 Å². The van der Waals surface area contributed by atoms with Crippen molar-refractivity contribution in [1.82, 2.24) is 21.2 Å². The summed E-state index contributed by atoms with van der Waals surface area (Å²) in [7, 11) is 0. The number of hydrazine groups is 1. The summed E-state index contributed by atoms with van der Waals surface area (Å²) in [5.74, 6) is 0.895. The smallest absolute Gasteiger partial charge is 0.222 e. The number of amides is 1. The third kappa shape index (κ3) is 3.71. The van der Waals surface area contributed by atoms with Gasteiger partial charge in [-0.25, -0.2) is 0 Å². The van der Waals surface area contributed by atoms with Crippen LogP contribution in [-0.2, 0) is 4.79 Å².